The van der Waals surface area contributed by atoms with Gasteiger partial charge in [-0.2, -0.15) is 0 Å². The fourth-order valence-corrected chi connectivity index (χ4v) is 1.88. The van der Waals surface area contributed by atoms with Gasteiger partial charge in [0, 0.05) is 6.20 Å². The Labute approximate surface area is 95.7 Å². The minimum atomic E-state index is -0.792. The van der Waals surface area contributed by atoms with Crippen molar-refractivity contribution in [2.45, 2.75) is 19.9 Å². The number of carbonyl (C=O) groups is 1. The van der Waals surface area contributed by atoms with E-state index in [1.54, 1.807) is 13.2 Å². The molecule has 2 N–H and O–H groups in total. The van der Waals surface area contributed by atoms with Crippen LogP contribution in [0, 0.1) is 11.8 Å². The van der Waals surface area contributed by atoms with Crippen LogP contribution < -0.4 is 5.32 Å². The summed E-state index contributed by atoms with van der Waals surface area (Å²) in [6, 6.07) is 5.28. The Morgan fingerprint density at radius 3 is 2.50 bits per heavy atom. The molecule has 0 aliphatic carbocycles. The van der Waals surface area contributed by atoms with Crippen molar-refractivity contribution in [3.8, 4) is 0 Å². The molecule has 1 aromatic rings. The van der Waals surface area contributed by atoms with Crippen LogP contribution in [0.2, 0.25) is 0 Å². The van der Waals surface area contributed by atoms with Crippen molar-refractivity contribution in [3.63, 3.8) is 0 Å². The number of rotatable bonds is 5. The molecule has 0 aliphatic rings. The molecule has 0 aromatic carbocycles. The maximum Gasteiger partial charge on any atom is 0.308 e. The van der Waals surface area contributed by atoms with E-state index in [2.05, 4.69) is 10.3 Å². The van der Waals surface area contributed by atoms with Gasteiger partial charge in [0.25, 0.3) is 0 Å². The second-order valence-electron chi connectivity index (χ2n) is 4.13. The molecule has 0 amide bonds. The Morgan fingerprint density at radius 2 is 2.12 bits per heavy atom. The van der Waals surface area contributed by atoms with Crippen molar-refractivity contribution in [2.75, 3.05) is 7.05 Å². The molecular weight excluding hydrogens is 204 g/mol. The number of hydrogen-bond donors (Lipinski definition) is 2. The molecule has 0 radical (unpaired) electrons. The summed E-state index contributed by atoms with van der Waals surface area (Å²) in [6.07, 6.45) is 1.68. The standard InChI is InChI=1S/C12H18N2O2/c1-8(2)10(12(15)16)11(13-3)9-6-4-5-7-14-9/h4-8,10-11,13H,1-3H3,(H,15,16). The van der Waals surface area contributed by atoms with E-state index in [0.29, 0.717) is 0 Å². The van der Waals surface area contributed by atoms with Crippen molar-refractivity contribution in [1.29, 1.82) is 0 Å². The van der Waals surface area contributed by atoms with E-state index in [1.165, 1.54) is 0 Å². The maximum absolute atomic E-state index is 11.2. The summed E-state index contributed by atoms with van der Waals surface area (Å²) in [5.74, 6) is -1.21. The Kier molecular flexibility index (Phi) is 4.43. The van der Waals surface area contributed by atoms with Gasteiger partial charge in [0.2, 0.25) is 0 Å². The first-order chi connectivity index (χ1) is 7.57. The van der Waals surface area contributed by atoms with E-state index in [-0.39, 0.29) is 12.0 Å². The third-order valence-corrected chi connectivity index (χ3v) is 2.68. The van der Waals surface area contributed by atoms with Gasteiger partial charge in [0.05, 0.1) is 17.7 Å². The van der Waals surface area contributed by atoms with Crippen LogP contribution in [0.1, 0.15) is 25.6 Å². The van der Waals surface area contributed by atoms with E-state index in [1.807, 2.05) is 32.0 Å². The summed E-state index contributed by atoms with van der Waals surface area (Å²) in [7, 11) is 1.76. The molecule has 0 fully saturated rings. The van der Waals surface area contributed by atoms with Gasteiger partial charge in [0.1, 0.15) is 0 Å². The summed E-state index contributed by atoms with van der Waals surface area (Å²) in [4.78, 5) is 15.5. The summed E-state index contributed by atoms with van der Waals surface area (Å²) in [5, 5.41) is 12.3. The normalized spacial score (nSPS) is 14.8. The van der Waals surface area contributed by atoms with E-state index < -0.39 is 11.9 Å². The Balaban J connectivity index is 3.00. The summed E-state index contributed by atoms with van der Waals surface area (Å²) in [5.41, 5.74) is 0.770. The van der Waals surface area contributed by atoms with Crippen LogP contribution in [0.15, 0.2) is 24.4 Å². The van der Waals surface area contributed by atoms with Crippen LogP contribution in [0.3, 0.4) is 0 Å². The minimum absolute atomic E-state index is 0.0527. The molecule has 88 valence electrons. The highest BCUT2D eigenvalue weighted by atomic mass is 16.4. The first kappa shape index (κ1) is 12.6. The van der Waals surface area contributed by atoms with Gasteiger partial charge in [-0.05, 0) is 25.1 Å². The zero-order valence-electron chi connectivity index (χ0n) is 9.84. The van der Waals surface area contributed by atoms with E-state index in [9.17, 15) is 9.90 Å². The molecule has 1 rings (SSSR count). The van der Waals surface area contributed by atoms with Gasteiger partial charge in [-0.1, -0.05) is 19.9 Å². The molecule has 1 aromatic heterocycles. The molecule has 0 saturated heterocycles. The van der Waals surface area contributed by atoms with Crippen molar-refractivity contribution in [1.82, 2.24) is 10.3 Å². The smallest absolute Gasteiger partial charge is 0.308 e. The molecule has 2 atom stereocenters. The zero-order valence-corrected chi connectivity index (χ0v) is 9.84. The highest BCUT2D eigenvalue weighted by molar-refractivity contribution is 5.71. The molecule has 0 aliphatic heterocycles. The molecule has 0 spiro atoms. The molecule has 1 heterocycles. The highest BCUT2D eigenvalue weighted by Gasteiger charge is 2.31. The number of hydrogen-bond acceptors (Lipinski definition) is 3. The topological polar surface area (TPSA) is 62.2 Å². The fourth-order valence-electron chi connectivity index (χ4n) is 1.88. The Hall–Kier alpha value is -1.42. The number of nitrogens with one attached hydrogen (secondary N) is 1. The maximum atomic E-state index is 11.2. The first-order valence-electron chi connectivity index (χ1n) is 5.39. The van der Waals surface area contributed by atoms with Crippen molar-refractivity contribution >= 4 is 5.97 Å². The monoisotopic (exact) mass is 222 g/mol. The van der Waals surface area contributed by atoms with Crippen LogP contribution in [0.25, 0.3) is 0 Å². The SMILES string of the molecule is CNC(c1ccccn1)C(C(=O)O)C(C)C. The number of pyridine rings is 1. The second kappa shape index (κ2) is 5.61. The van der Waals surface area contributed by atoms with Gasteiger partial charge >= 0.3 is 5.97 Å². The van der Waals surface area contributed by atoms with Gasteiger partial charge in [0.15, 0.2) is 0 Å². The van der Waals surface area contributed by atoms with Gasteiger partial charge in [-0.25, -0.2) is 0 Å². The number of carboxylic acid groups (broad SMARTS) is 1. The molecule has 2 unspecified atom stereocenters. The fraction of sp³-hybridized carbons (Fsp3) is 0.500. The molecule has 16 heavy (non-hydrogen) atoms. The minimum Gasteiger partial charge on any atom is -0.481 e. The Morgan fingerprint density at radius 1 is 1.44 bits per heavy atom. The van der Waals surface area contributed by atoms with Gasteiger partial charge in [-0.3, -0.25) is 9.78 Å². The summed E-state index contributed by atoms with van der Waals surface area (Å²) < 4.78 is 0. The lowest BCUT2D eigenvalue weighted by atomic mass is 9.86. The molecule has 4 nitrogen and oxygen atoms in total. The van der Waals surface area contributed by atoms with E-state index >= 15 is 0 Å². The molecule has 0 saturated carbocycles. The quantitative estimate of drug-likeness (QED) is 0.796. The highest BCUT2D eigenvalue weighted by Crippen LogP contribution is 2.26. The number of nitrogens with zero attached hydrogens (tertiary/aromatic N) is 1. The van der Waals surface area contributed by atoms with Crippen molar-refractivity contribution < 1.29 is 9.90 Å². The van der Waals surface area contributed by atoms with Crippen molar-refractivity contribution in [3.05, 3.63) is 30.1 Å². The molecule has 0 bridgehead atoms. The first-order valence-corrected chi connectivity index (χ1v) is 5.39. The van der Waals surface area contributed by atoms with Crippen LogP contribution in [-0.2, 0) is 4.79 Å². The third kappa shape index (κ3) is 2.79. The van der Waals surface area contributed by atoms with Gasteiger partial charge < -0.3 is 10.4 Å². The van der Waals surface area contributed by atoms with E-state index in [0.717, 1.165) is 5.69 Å². The Bertz CT molecular complexity index is 338. The van der Waals surface area contributed by atoms with Crippen LogP contribution >= 0.6 is 0 Å². The predicted octanol–water partition coefficient (Wildman–Crippen LogP) is 1.70. The van der Waals surface area contributed by atoms with Gasteiger partial charge in [-0.15, -0.1) is 0 Å². The number of carboxylic acids is 1. The number of aliphatic carboxylic acids is 1. The van der Waals surface area contributed by atoms with Crippen LogP contribution in [-0.4, -0.2) is 23.1 Å². The van der Waals surface area contributed by atoms with Crippen molar-refractivity contribution in [2.24, 2.45) is 11.8 Å². The second-order valence-corrected chi connectivity index (χ2v) is 4.13. The van der Waals surface area contributed by atoms with Crippen LogP contribution in [0.4, 0.5) is 0 Å². The average Bonchev–Trinajstić information content (AvgIpc) is 2.25. The molecular formula is C12H18N2O2. The lowest BCUT2D eigenvalue weighted by molar-refractivity contribution is -0.144. The lowest BCUT2D eigenvalue weighted by Gasteiger charge is -2.25. The zero-order chi connectivity index (χ0) is 12.1. The van der Waals surface area contributed by atoms with Crippen LogP contribution in [0.5, 0.6) is 0 Å². The third-order valence-electron chi connectivity index (χ3n) is 2.68. The average molecular weight is 222 g/mol. The lowest BCUT2D eigenvalue weighted by Crippen LogP contribution is -2.34. The predicted molar refractivity (Wildman–Crippen MR) is 62.0 cm³/mol. The van der Waals surface area contributed by atoms with E-state index in [4.69, 9.17) is 0 Å². The molecule has 4 heteroatoms. The largest absolute Gasteiger partial charge is 0.481 e. The summed E-state index contributed by atoms with van der Waals surface area (Å²) in [6.45, 7) is 3.82. The number of aromatic nitrogens is 1. The summed E-state index contributed by atoms with van der Waals surface area (Å²) >= 11 is 0.